The molecule has 1 atom stereocenters. The molecular formula is C22H21N3O2S2. The van der Waals surface area contributed by atoms with Gasteiger partial charge in [-0.1, -0.05) is 36.4 Å². The van der Waals surface area contributed by atoms with Crippen molar-refractivity contribution in [2.75, 3.05) is 0 Å². The lowest BCUT2D eigenvalue weighted by Gasteiger charge is -2.18. The molecule has 4 rings (SSSR count). The predicted octanol–water partition coefficient (Wildman–Crippen LogP) is 4.43. The number of benzene rings is 1. The normalized spacial score (nSPS) is 12.2. The summed E-state index contributed by atoms with van der Waals surface area (Å²) >= 11 is 3.14. The summed E-state index contributed by atoms with van der Waals surface area (Å²) in [7, 11) is 0. The molecule has 0 spiro atoms. The summed E-state index contributed by atoms with van der Waals surface area (Å²) in [5.41, 5.74) is 1.93. The highest BCUT2D eigenvalue weighted by atomic mass is 32.1. The molecule has 0 radical (unpaired) electrons. The Kier molecular flexibility index (Phi) is 5.60. The average Bonchev–Trinajstić information content (AvgIpc) is 3.35. The zero-order valence-corrected chi connectivity index (χ0v) is 17.8. The lowest BCUT2D eigenvalue weighted by atomic mass is 10.1. The van der Waals surface area contributed by atoms with Crippen molar-refractivity contribution in [1.82, 2.24) is 14.9 Å². The summed E-state index contributed by atoms with van der Waals surface area (Å²) in [5.74, 6) is -0.0996. The van der Waals surface area contributed by atoms with Crippen molar-refractivity contribution in [3.63, 3.8) is 0 Å². The third kappa shape index (κ3) is 4.02. The fourth-order valence-electron chi connectivity index (χ4n) is 3.30. The van der Waals surface area contributed by atoms with Gasteiger partial charge in [0, 0.05) is 22.7 Å². The van der Waals surface area contributed by atoms with E-state index in [1.807, 2.05) is 61.7 Å². The van der Waals surface area contributed by atoms with Crippen LogP contribution in [0.15, 0.2) is 59.0 Å². The molecule has 1 amide bonds. The summed E-state index contributed by atoms with van der Waals surface area (Å²) in [6.07, 6.45) is 1.76. The molecule has 0 bridgehead atoms. The SMILES string of the molecule is Cc1sc2ncn(CCC(=O)NC(c3ccccc3)c3cccs3)c(=O)c2c1C. The van der Waals surface area contributed by atoms with Gasteiger partial charge in [-0.2, -0.15) is 0 Å². The van der Waals surface area contributed by atoms with Gasteiger partial charge in [-0.25, -0.2) is 4.98 Å². The van der Waals surface area contributed by atoms with E-state index in [1.54, 1.807) is 17.7 Å². The molecule has 0 saturated carbocycles. The average molecular weight is 424 g/mol. The maximum absolute atomic E-state index is 12.8. The molecule has 29 heavy (non-hydrogen) atoms. The van der Waals surface area contributed by atoms with E-state index < -0.39 is 0 Å². The van der Waals surface area contributed by atoms with Crippen molar-refractivity contribution in [2.24, 2.45) is 0 Å². The van der Waals surface area contributed by atoms with Crippen LogP contribution in [0.2, 0.25) is 0 Å². The van der Waals surface area contributed by atoms with Crippen molar-refractivity contribution in [1.29, 1.82) is 0 Å². The van der Waals surface area contributed by atoms with Gasteiger partial charge in [0.1, 0.15) is 4.83 Å². The molecule has 7 heteroatoms. The molecule has 4 aromatic rings. The van der Waals surface area contributed by atoms with E-state index >= 15 is 0 Å². The van der Waals surface area contributed by atoms with Gasteiger partial charge in [-0.05, 0) is 36.4 Å². The van der Waals surface area contributed by atoms with Crippen LogP contribution < -0.4 is 10.9 Å². The molecule has 1 N–H and O–H groups in total. The highest BCUT2D eigenvalue weighted by Crippen LogP contribution is 2.27. The second-order valence-electron chi connectivity index (χ2n) is 6.88. The van der Waals surface area contributed by atoms with E-state index in [-0.39, 0.29) is 23.9 Å². The molecule has 0 fully saturated rings. The topological polar surface area (TPSA) is 64.0 Å². The van der Waals surface area contributed by atoms with Crippen LogP contribution in [0.25, 0.3) is 10.2 Å². The van der Waals surface area contributed by atoms with E-state index in [9.17, 15) is 9.59 Å². The minimum absolute atomic E-state index is 0.0810. The Hall–Kier alpha value is -2.77. The number of thiophene rings is 2. The monoisotopic (exact) mass is 423 g/mol. The van der Waals surface area contributed by atoms with Gasteiger partial charge in [-0.15, -0.1) is 22.7 Å². The van der Waals surface area contributed by atoms with E-state index in [4.69, 9.17) is 0 Å². The Morgan fingerprint density at radius 3 is 2.69 bits per heavy atom. The molecular weight excluding hydrogens is 402 g/mol. The number of fused-ring (bicyclic) bond motifs is 1. The third-order valence-electron chi connectivity index (χ3n) is 5.00. The van der Waals surface area contributed by atoms with Crippen LogP contribution in [0.5, 0.6) is 0 Å². The molecule has 148 valence electrons. The number of hydrogen-bond acceptors (Lipinski definition) is 5. The number of nitrogens with zero attached hydrogens (tertiary/aromatic N) is 2. The van der Waals surface area contributed by atoms with Gasteiger partial charge in [0.05, 0.1) is 17.8 Å². The molecule has 1 aromatic carbocycles. The third-order valence-corrected chi connectivity index (χ3v) is 7.05. The van der Waals surface area contributed by atoms with E-state index in [0.29, 0.717) is 11.9 Å². The number of carbonyl (C=O) groups excluding carboxylic acids is 1. The summed E-state index contributed by atoms with van der Waals surface area (Å²) in [6, 6.07) is 13.7. The van der Waals surface area contributed by atoms with Crippen LogP contribution in [0.4, 0.5) is 0 Å². The van der Waals surface area contributed by atoms with Crippen LogP contribution in [-0.2, 0) is 11.3 Å². The lowest BCUT2D eigenvalue weighted by molar-refractivity contribution is -0.121. The fraction of sp³-hybridized carbons (Fsp3) is 0.227. The Morgan fingerprint density at radius 2 is 1.97 bits per heavy atom. The van der Waals surface area contributed by atoms with Crippen LogP contribution in [0.3, 0.4) is 0 Å². The van der Waals surface area contributed by atoms with Crippen LogP contribution in [0.1, 0.15) is 33.3 Å². The fourth-order valence-corrected chi connectivity index (χ4v) is 5.09. The summed E-state index contributed by atoms with van der Waals surface area (Å²) in [6.45, 7) is 4.24. The van der Waals surface area contributed by atoms with Crippen molar-refractivity contribution in [2.45, 2.75) is 32.9 Å². The summed E-state index contributed by atoms with van der Waals surface area (Å²) in [5, 5.41) is 5.78. The molecule has 3 aromatic heterocycles. The number of aromatic nitrogens is 2. The van der Waals surface area contributed by atoms with Gasteiger partial charge in [0.15, 0.2) is 0 Å². The summed E-state index contributed by atoms with van der Waals surface area (Å²) in [4.78, 5) is 32.8. The Labute approximate surface area is 176 Å². The zero-order chi connectivity index (χ0) is 20.4. The molecule has 0 aliphatic rings. The van der Waals surface area contributed by atoms with E-state index in [1.165, 1.54) is 15.9 Å². The molecule has 3 heterocycles. The standard InChI is InChI=1S/C22H21N3O2S2/c1-14-15(2)29-21-19(14)22(27)25(13-23-21)11-10-18(26)24-20(17-9-6-12-28-17)16-7-4-3-5-8-16/h3-9,12-13,20H,10-11H2,1-2H3,(H,24,26). The number of hydrogen-bond donors (Lipinski definition) is 1. The van der Waals surface area contributed by atoms with Gasteiger partial charge in [0.25, 0.3) is 5.56 Å². The second kappa shape index (κ2) is 8.31. The molecule has 1 unspecified atom stereocenters. The van der Waals surface area contributed by atoms with Gasteiger partial charge in [-0.3, -0.25) is 14.2 Å². The number of carbonyl (C=O) groups is 1. The predicted molar refractivity (Wildman–Crippen MR) is 119 cm³/mol. The number of nitrogens with one attached hydrogen (secondary N) is 1. The van der Waals surface area contributed by atoms with Crippen molar-refractivity contribution in [3.05, 3.63) is 85.4 Å². The van der Waals surface area contributed by atoms with Gasteiger partial charge in [0.2, 0.25) is 5.91 Å². The second-order valence-corrected chi connectivity index (χ2v) is 9.07. The van der Waals surface area contributed by atoms with Gasteiger partial charge < -0.3 is 5.32 Å². The lowest BCUT2D eigenvalue weighted by Crippen LogP contribution is -2.31. The zero-order valence-electron chi connectivity index (χ0n) is 16.2. The first-order valence-electron chi connectivity index (χ1n) is 9.37. The number of amides is 1. The molecule has 5 nitrogen and oxygen atoms in total. The largest absolute Gasteiger partial charge is 0.344 e. The molecule has 0 aliphatic carbocycles. The van der Waals surface area contributed by atoms with E-state index in [2.05, 4.69) is 10.3 Å². The number of rotatable bonds is 6. The highest BCUT2D eigenvalue weighted by Gasteiger charge is 2.18. The quantitative estimate of drug-likeness (QED) is 0.499. The Morgan fingerprint density at radius 1 is 1.17 bits per heavy atom. The number of aryl methyl sites for hydroxylation is 3. The Balaban J connectivity index is 1.51. The van der Waals surface area contributed by atoms with E-state index in [0.717, 1.165) is 25.7 Å². The maximum atomic E-state index is 12.8. The molecule has 0 saturated heterocycles. The van der Waals surface area contributed by atoms with Crippen LogP contribution in [0, 0.1) is 13.8 Å². The van der Waals surface area contributed by atoms with Crippen molar-refractivity contribution < 1.29 is 4.79 Å². The first-order valence-corrected chi connectivity index (χ1v) is 11.1. The molecule has 0 aliphatic heterocycles. The van der Waals surface area contributed by atoms with Crippen molar-refractivity contribution in [3.8, 4) is 0 Å². The van der Waals surface area contributed by atoms with Crippen LogP contribution in [-0.4, -0.2) is 15.5 Å². The highest BCUT2D eigenvalue weighted by molar-refractivity contribution is 7.18. The van der Waals surface area contributed by atoms with Crippen molar-refractivity contribution >= 4 is 38.8 Å². The minimum Gasteiger partial charge on any atom is -0.344 e. The van der Waals surface area contributed by atoms with Gasteiger partial charge >= 0.3 is 0 Å². The maximum Gasteiger partial charge on any atom is 0.262 e. The first kappa shape index (κ1) is 19.5. The minimum atomic E-state index is -0.192. The smallest absolute Gasteiger partial charge is 0.262 e. The van der Waals surface area contributed by atoms with Crippen LogP contribution >= 0.6 is 22.7 Å². The first-order chi connectivity index (χ1) is 14.0. The summed E-state index contributed by atoms with van der Waals surface area (Å²) < 4.78 is 1.53. The Bertz CT molecular complexity index is 1190.